The molecule has 0 radical (unpaired) electrons. The van der Waals surface area contributed by atoms with Gasteiger partial charge >= 0.3 is 6.03 Å². The standard InChI is InChI=1S/C19H30N4O3/c1-18(2,3)21-15(24)12-23(7)17(26)20-14-10-8-9-13(11-14)16(25)22-19(4,5)6/h8-11H,12H2,1-7H3,(H,20,26)(H,21,24)(H,22,25). The zero-order valence-electron chi connectivity index (χ0n) is 16.7. The second-order valence-electron chi connectivity index (χ2n) is 8.37. The molecule has 1 rings (SSSR count). The third-order valence-electron chi connectivity index (χ3n) is 3.11. The summed E-state index contributed by atoms with van der Waals surface area (Å²) in [5.74, 6) is -0.458. The highest BCUT2D eigenvalue weighted by Gasteiger charge is 2.19. The fourth-order valence-electron chi connectivity index (χ4n) is 2.11. The van der Waals surface area contributed by atoms with Crippen LogP contribution in [0.2, 0.25) is 0 Å². The van der Waals surface area contributed by atoms with E-state index in [9.17, 15) is 14.4 Å². The van der Waals surface area contributed by atoms with E-state index in [0.29, 0.717) is 11.3 Å². The first kappa shape index (κ1) is 21.5. The molecule has 0 fully saturated rings. The zero-order valence-corrected chi connectivity index (χ0v) is 16.7. The summed E-state index contributed by atoms with van der Waals surface area (Å²) in [4.78, 5) is 37.7. The third kappa shape index (κ3) is 8.00. The van der Waals surface area contributed by atoms with Crippen LogP contribution in [-0.4, -0.2) is 47.4 Å². The molecule has 26 heavy (non-hydrogen) atoms. The van der Waals surface area contributed by atoms with Gasteiger partial charge in [-0.1, -0.05) is 6.07 Å². The van der Waals surface area contributed by atoms with Crippen LogP contribution in [0.15, 0.2) is 24.3 Å². The Balaban J connectivity index is 2.71. The van der Waals surface area contributed by atoms with Crippen molar-refractivity contribution in [2.75, 3.05) is 18.9 Å². The smallest absolute Gasteiger partial charge is 0.322 e. The Bertz CT molecular complexity index is 672. The van der Waals surface area contributed by atoms with Crippen LogP contribution in [-0.2, 0) is 4.79 Å². The van der Waals surface area contributed by atoms with E-state index >= 15 is 0 Å². The Morgan fingerprint density at radius 3 is 2.08 bits per heavy atom. The summed E-state index contributed by atoms with van der Waals surface area (Å²) in [5.41, 5.74) is 0.227. The molecule has 0 spiro atoms. The molecule has 0 saturated carbocycles. The molecule has 0 aliphatic carbocycles. The topological polar surface area (TPSA) is 90.5 Å². The maximum atomic E-state index is 12.3. The van der Waals surface area contributed by atoms with Gasteiger partial charge in [-0.25, -0.2) is 4.79 Å². The van der Waals surface area contributed by atoms with Gasteiger partial charge in [0, 0.05) is 29.4 Å². The lowest BCUT2D eigenvalue weighted by molar-refractivity contribution is -0.122. The number of urea groups is 1. The number of carbonyl (C=O) groups excluding carboxylic acids is 3. The highest BCUT2D eigenvalue weighted by atomic mass is 16.2. The summed E-state index contributed by atoms with van der Waals surface area (Å²) in [6.45, 7) is 11.3. The average molecular weight is 362 g/mol. The minimum atomic E-state index is -0.428. The Morgan fingerprint density at radius 1 is 0.962 bits per heavy atom. The van der Waals surface area contributed by atoms with Crippen LogP contribution < -0.4 is 16.0 Å². The minimum absolute atomic E-state index is 0.0622. The van der Waals surface area contributed by atoms with Crippen molar-refractivity contribution >= 4 is 23.5 Å². The highest BCUT2D eigenvalue weighted by Crippen LogP contribution is 2.13. The average Bonchev–Trinajstić information content (AvgIpc) is 2.43. The van der Waals surface area contributed by atoms with Gasteiger partial charge < -0.3 is 20.9 Å². The van der Waals surface area contributed by atoms with Crippen LogP contribution >= 0.6 is 0 Å². The van der Waals surface area contributed by atoms with E-state index in [-0.39, 0.29) is 29.4 Å². The van der Waals surface area contributed by atoms with Crippen LogP contribution in [0, 0.1) is 0 Å². The molecule has 0 unspecified atom stereocenters. The molecule has 7 nitrogen and oxygen atoms in total. The van der Waals surface area contributed by atoms with Gasteiger partial charge in [0.1, 0.15) is 6.54 Å². The number of nitrogens with zero attached hydrogens (tertiary/aromatic N) is 1. The predicted octanol–water partition coefficient (Wildman–Crippen LogP) is 2.59. The summed E-state index contributed by atoms with van der Waals surface area (Å²) >= 11 is 0. The second-order valence-corrected chi connectivity index (χ2v) is 8.37. The molecule has 0 atom stereocenters. The number of benzene rings is 1. The first-order valence-corrected chi connectivity index (χ1v) is 8.52. The number of nitrogens with one attached hydrogen (secondary N) is 3. The van der Waals surface area contributed by atoms with E-state index in [4.69, 9.17) is 0 Å². The predicted molar refractivity (Wildman–Crippen MR) is 103 cm³/mol. The number of hydrogen-bond acceptors (Lipinski definition) is 3. The molecule has 0 aromatic heterocycles. The van der Waals surface area contributed by atoms with Gasteiger partial charge in [-0.15, -0.1) is 0 Å². The van der Waals surface area contributed by atoms with Gasteiger partial charge in [-0.2, -0.15) is 0 Å². The monoisotopic (exact) mass is 362 g/mol. The summed E-state index contributed by atoms with van der Waals surface area (Å²) in [6, 6.07) is 6.23. The number of hydrogen-bond donors (Lipinski definition) is 3. The van der Waals surface area contributed by atoms with Crippen LogP contribution in [0.3, 0.4) is 0 Å². The fraction of sp³-hybridized carbons (Fsp3) is 0.526. The lowest BCUT2D eigenvalue weighted by Crippen LogP contribution is -2.47. The Labute approximate surface area is 155 Å². The Hall–Kier alpha value is -2.57. The maximum absolute atomic E-state index is 12.3. The Morgan fingerprint density at radius 2 is 1.54 bits per heavy atom. The van der Waals surface area contributed by atoms with E-state index in [1.54, 1.807) is 24.3 Å². The van der Waals surface area contributed by atoms with Gasteiger partial charge in [0.15, 0.2) is 0 Å². The first-order chi connectivity index (χ1) is 11.8. The molecule has 3 N–H and O–H groups in total. The third-order valence-corrected chi connectivity index (χ3v) is 3.11. The van der Waals surface area contributed by atoms with Crippen molar-refractivity contribution in [1.29, 1.82) is 0 Å². The van der Waals surface area contributed by atoms with Gasteiger partial charge in [0.25, 0.3) is 5.91 Å². The maximum Gasteiger partial charge on any atom is 0.322 e. The number of likely N-dealkylation sites (N-methyl/N-ethyl adjacent to an activating group) is 1. The molecule has 1 aromatic carbocycles. The van der Waals surface area contributed by atoms with Crippen molar-refractivity contribution in [3.63, 3.8) is 0 Å². The van der Waals surface area contributed by atoms with Crippen molar-refractivity contribution in [2.45, 2.75) is 52.6 Å². The highest BCUT2D eigenvalue weighted by molar-refractivity contribution is 5.97. The molecule has 4 amide bonds. The number of anilines is 1. The number of amides is 4. The summed E-state index contributed by atoms with van der Waals surface area (Å²) < 4.78 is 0. The second kappa shape index (κ2) is 8.21. The summed E-state index contributed by atoms with van der Waals surface area (Å²) in [6.07, 6.45) is 0. The fourth-order valence-corrected chi connectivity index (χ4v) is 2.11. The van der Waals surface area contributed by atoms with E-state index < -0.39 is 6.03 Å². The number of carbonyl (C=O) groups is 3. The zero-order chi connectivity index (χ0) is 20.1. The van der Waals surface area contributed by atoms with Crippen LogP contribution in [0.4, 0.5) is 10.5 Å². The van der Waals surface area contributed by atoms with E-state index in [1.807, 2.05) is 41.5 Å². The van der Waals surface area contributed by atoms with Crippen LogP contribution in [0.1, 0.15) is 51.9 Å². The van der Waals surface area contributed by atoms with Gasteiger partial charge in [-0.3, -0.25) is 9.59 Å². The Kier molecular flexibility index (Phi) is 6.78. The molecule has 0 bridgehead atoms. The van der Waals surface area contributed by atoms with Crippen molar-refractivity contribution in [1.82, 2.24) is 15.5 Å². The number of rotatable bonds is 4. The molecule has 0 aliphatic rings. The largest absolute Gasteiger partial charge is 0.350 e. The molecule has 0 aliphatic heterocycles. The van der Waals surface area contributed by atoms with Crippen LogP contribution in [0.5, 0.6) is 0 Å². The molecule has 144 valence electrons. The lowest BCUT2D eigenvalue weighted by Gasteiger charge is -2.23. The molecule has 0 heterocycles. The molecule has 7 heteroatoms. The van der Waals surface area contributed by atoms with Gasteiger partial charge in [0.05, 0.1) is 0 Å². The van der Waals surface area contributed by atoms with E-state index in [2.05, 4.69) is 16.0 Å². The van der Waals surface area contributed by atoms with E-state index in [1.165, 1.54) is 11.9 Å². The van der Waals surface area contributed by atoms with Crippen LogP contribution in [0.25, 0.3) is 0 Å². The van der Waals surface area contributed by atoms with Crippen molar-refractivity contribution in [2.24, 2.45) is 0 Å². The minimum Gasteiger partial charge on any atom is -0.350 e. The van der Waals surface area contributed by atoms with Crippen molar-refractivity contribution in [3.8, 4) is 0 Å². The normalized spacial score (nSPS) is 11.5. The van der Waals surface area contributed by atoms with Gasteiger partial charge in [-0.05, 0) is 59.7 Å². The molecular weight excluding hydrogens is 332 g/mol. The molecule has 0 saturated heterocycles. The quantitative estimate of drug-likeness (QED) is 0.769. The molecular formula is C19H30N4O3. The summed E-state index contributed by atoms with van der Waals surface area (Å²) in [7, 11) is 1.54. The first-order valence-electron chi connectivity index (χ1n) is 8.52. The SMILES string of the molecule is CN(CC(=O)NC(C)(C)C)C(=O)Nc1cccc(C(=O)NC(C)(C)C)c1. The van der Waals surface area contributed by atoms with Crippen molar-refractivity contribution < 1.29 is 14.4 Å². The lowest BCUT2D eigenvalue weighted by atomic mass is 10.1. The van der Waals surface area contributed by atoms with Gasteiger partial charge in [0.2, 0.25) is 5.91 Å². The summed E-state index contributed by atoms with van der Waals surface area (Å²) in [5, 5.41) is 8.37. The molecule has 1 aromatic rings. The van der Waals surface area contributed by atoms with E-state index in [0.717, 1.165) is 0 Å². The van der Waals surface area contributed by atoms with Crippen molar-refractivity contribution in [3.05, 3.63) is 29.8 Å².